The molecule has 1 saturated heterocycles. The topological polar surface area (TPSA) is 46.4 Å². The van der Waals surface area contributed by atoms with E-state index in [4.69, 9.17) is 0 Å². The zero-order valence-corrected chi connectivity index (χ0v) is 9.64. The average molecular weight is 220 g/mol. The molecule has 86 valence electrons. The first-order chi connectivity index (χ1) is 7.48. The molecule has 0 N–H and O–H groups in total. The van der Waals surface area contributed by atoms with Gasteiger partial charge in [0.15, 0.2) is 0 Å². The van der Waals surface area contributed by atoms with E-state index in [-0.39, 0.29) is 10.6 Å². The van der Waals surface area contributed by atoms with Gasteiger partial charge < -0.3 is 4.90 Å². The number of rotatable bonds is 2. The molecule has 1 aliphatic rings. The molecule has 0 aromatic heterocycles. The average Bonchev–Trinajstić information content (AvgIpc) is 2.59. The molecule has 1 aliphatic heterocycles. The highest BCUT2D eigenvalue weighted by molar-refractivity contribution is 5.51. The molecule has 0 amide bonds. The van der Waals surface area contributed by atoms with Crippen LogP contribution in [0.3, 0.4) is 0 Å². The van der Waals surface area contributed by atoms with E-state index in [1.54, 1.807) is 12.1 Å². The standard InChI is InChI=1S/C12H16N2O2/c1-12(2)7-8-13(9-12)10-3-5-11(6-4-10)14(15)16/h3-6H,7-9H2,1-2H3. The van der Waals surface area contributed by atoms with Gasteiger partial charge in [-0.1, -0.05) is 13.8 Å². The Labute approximate surface area is 95.0 Å². The van der Waals surface area contributed by atoms with Gasteiger partial charge in [0, 0.05) is 30.9 Å². The lowest BCUT2D eigenvalue weighted by molar-refractivity contribution is -0.384. The molecule has 1 aromatic rings. The monoisotopic (exact) mass is 220 g/mol. The van der Waals surface area contributed by atoms with Crippen molar-refractivity contribution >= 4 is 11.4 Å². The van der Waals surface area contributed by atoms with Crippen molar-refractivity contribution in [3.63, 3.8) is 0 Å². The summed E-state index contributed by atoms with van der Waals surface area (Å²) in [5, 5.41) is 10.5. The number of hydrogen-bond donors (Lipinski definition) is 0. The summed E-state index contributed by atoms with van der Waals surface area (Å²) in [5.41, 5.74) is 1.58. The molecule has 0 aliphatic carbocycles. The van der Waals surface area contributed by atoms with Gasteiger partial charge in [0.1, 0.15) is 0 Å². The maximum absolute atomic E-state index is 10.5. The molecule has 2 rings (SSSR count). The fourth-order valence-corrected chi connectivity index (χ4v) is 2.12. The van der Waals surface area contributed by atoms with Crippen LogP contribution < -0.4 is 4.90 Å². The minimum absolute atomic E-state index is 0.155. The number of anilines is 1. The summed E-state index contributed by atoms with van der Waals surface area (Å²) in [6, 6.07) is 6.81. The Bertz CT molecular complexity index is 398. The Morgan fingerprint density at radius 3 is 2.38 bits per heavy atom. The summed E-state index contributed by atoms with van der Waals surface area (Å²) in [6.45, 7) is 6.55. The molecule has 1 heterocycles. The van der Waals surface area contributed by atoms with Crippen molar-refractivity contribution in [2.45, 2.75) is 20.3 Å². The number of hydrogen-bond acceptors (Lipinski definition) is 3. The second-order valence-corrected chi connectivity index (χ2v) is 5.11. The Balaban J connectivity index is 2.14. The first-order valence-electron chi connectivity index (χ1n) is 5.47. The number of nitrogens with zero attached hydrogens (tertiary/aromatic N) is 2. The predicted molar refractivity (Wildman–Crippen MR) is 63.7 cm³/mol. The third kappa shape index (κ3) is 2.15. The van der Waals surface area contributed by atoms with Crippen molar-refractivity contribution in [3.05, 3.63) is 34.4 Å². The van der Waals surface area contributed by atoms with Crippen LogP contribution in [0.5, 0.6) is 0 Å². The van der Waals surface area contributed by atoms with Crippen LogP contribution in [0.2, 0.25) is 0 Å². The molecule has 1 aromatic carbocycles. The lowest BCUT2D eigenvalue weighted by Crippen LogP contribution is -2.22. The minimum atomic E-state index is -0.363. The van der Waals surface area contributed by atoms with E-state index in [0.717, 1.165) is 18.8 Å². The van der Waals surface area contributed by atoms with E-state index < -0.39 is 0 Å². The number of nitro groups is 1. The van der Waals surface area contributed by atoms with E-state index >= 15 is 0 Å². The minimum Gasteiger partial charge on any atom is -0.371 e. The van der Waals surface area contributed by atoms with Gasteiger partial charge in [0.05, 0.1) is 4.92 Å². The van der Waals surface area contributed by atoms with Crippen molar-refractivity contribution in [1.82, 2.24) is 0 Å². The Kier molecular flexibility index (Phi) is 2.58. The quantitative estimate of drug-likeness (QED) is 0.568. The van der Waals surface area contributed by atoms with Crippen molar-refractivity contribution in [1.29, 1.82) is 0 Å². The molecule has 4 heteroatoms. The number of non-ortho nitro benzene ring substituents is 1. The van der Waals surface area contributed by atoms with Crippen LogP contribution in [-0.2, 0) is 0 Å². The molecule has 4 nitrogen and oxygen atoms in total. The summed E-state index contributed by atoms with van der Waals surface area (Å²) in [5.74, 6) is 0. The zero-order valence-electron chi connectivity index (χ0n) is 9.64. The summed E-state index contributed by atoms with van der Waals surface area (Å²) in [7, 11) is 0. The maximum atomic E-state index is 10.5. The van der Waals surface area contributed by atoms with Gasteiger partial charge in [0.25, 0.3) is 5.69 Å². The van der Waals surface area contributed by atoms with Gasteiger partial charge in [-0.3, -0.25) is 10.1 Å². The van der Waals surface area contributed by atoms with Crippen LogP contribution in [0.4, 0.5) is 11.4 Å². The molecule has 0 unspecified atom stereocenters. The zero-order chi connectivity index (χ0) is 11.8. The molecule has 0 bridgehead atoms. The highest BCUT2D eigenvalue weighted by Crippen LogP contribution is 2.32. The predicted octanol–water partition coefficient (Wildman–Crippen LogP) is 2.83. The van der Waals surface area contributed by atoms with Crippen molar-refractivity contribution < 1.29 is 4.92 Å². The maximum Gasteiger partial charge on any atom is 0.269 e. The third-order valence-electron chi connectivity index (χ3n) is 3.10. The van der Waals surface area contributed by atoms with Crippen LogP contribution in [0, 0.1) is 15.5 Å². The van der Waals surface area contributed by atoms with E-state index in [2.05, 4.69) is 18.7 Å². The Hall–Kier alpha value is -1.58. The highest BCUT2D eigenvalue weighted by Gasteiger charge is 2.29. The van der Waals surface area contributed by atoms with E-state index in [1.807, 2.05) is 12.1 Å². The molecule has 0 spiro atoms. The molecular weight excluding hydrogens is 204 g/mol. The highest BCUT2D eigenvalue weighted by atomic mass is 16.6. The van der Waals surface area contributed by atoms with Crippen LogP contribution >= 0.6 is 0 Å². The number of nitro benzene ring substituents is 1. The molecule has 0 radical (unpaired) electrons. The van der Waals surface area contributed by atoms with Crippen molar-refractivity contribution in [2.24, 2.45) is 5.41 Å². The fourth-order valence-electron chi connectivity index (χ4n) is 2.12. The third-order valence-corrected chi connectivity index (χ3v) is 3.10. The first-order valence-corrected chi connectivity index (χ1v) is 5.47. The Morgan fingerprint density at radius 1 is 1.31 bits per heavy atom. The van der Waals surface area contributed by atoms with E-state index in [0.29, 0.717) is 5.41 Å². The number of benzene rings is 1. The molecule has 1 fully saturated rings. The summed E-state index contributed by atoms with van der Waals surface area (Å²) in [4.78, 5) is 12.4. The SMILES string of the molecule is CC1(C)CCN(c2ccc([N+](=O)[O-])cc2)C1. The normalized spacial score (nSPS) is 18.8. The molecular formula is C12H16N2O2. The molecule has 16 heavy (non-hydrogen) atoms. The molecule has 0 atom stereocenters. The van der Waals surface area contributed by atoms with Gasteiger partial charge in [-0.15, -0.1) is 0 Å². The van der Waals surface area contributed by atoms with Gasteiger partial charge >= 0.3 is 0 Å². The van der Waals surface area contributed by atoms with Gasteiger partial charge in [-0.25, -0.2) is 0 Å². The van der Waals surface area contributed by atoms with Crippen LogP contribution in [0.15, 0.2) is 24.3 Å². The van der Waals surface area contributed by atoms with Crippen LogP contribution in [0.25, 0.3) is 0 Å². The van der Waals surface area contributed by atoms with Gasteiger partial charge in [-0.2, -0.15) is 0 Å². The first kappa shape index (κ1) is 10.9. The summed E-state index contributed by atoms with van der Waals surface area (Å²) >= 11 is 0. The van der Waals surface area contributed by atoms with E-state index in [1.165, 1.54) is 6.42 Å². The van der Waals surface area contributed by atoms with E-state index in [9.17, 15) is 10.1 Å². The fraction of sp³-hybridized carbons (Fsp3) is 0.500. The van der Waals surface area contributed by atoms with Crippen LogP contribution in [0.1, 0.15) is 20.3 Å². The van der Waals surface area contributed by atoms with Crippen LogP contribution in [-0.4, -0.2) is 18.0 Å². The smallest absolute Gasteiger partial charge is 0.269 e. The summed E-state index contributed by atoms with van der Waals surface area (Å²) < 4.78 is 0. The van der Waals surface area contributed by atoms with Crippen molar-refractivity contribution in [2.75, 3.05) is 18.0 Å². The lowest BCUT2D eigenvalue weighted by Gasteiger charge is -2.21. The second-order valence-electron chi connectivity index (χ2n) is 5.11. The molecule has 0 saturated carbocycles. The van der Waals surface area contributed by atoms with Gasteiger partial charge in [0.2, 0.25) is 0 Å². The van der Waals surface area contributed by atoms with Gasteiger partial charge in [-0.05, 0) is 24.0 Å². The lowest BCUT2D eigenvalue weighted by atomic mass is 9.93. The van der Waals surface area contributed by atoms with Crippen molar-refractivity contribution in [3.8, 4) is 0 Å². The Morgan fingerprint density at radius 2 is 1.94 bits per heavy atom. The largest absolute Gasteiger partial charge is 0.371 e. The summed E-state index contributed by atoms with van der Waals surface area (Å²) in [6.07, 6.45) is 1.17. The second kappa shape index (κ2) is 3.77.